The zero-order chi connectivity index (χ0) is 11.0. The molecule has 17 heavy (non-hydrogen) atoms. The molecule has 0 unspecified atom stereocenters. The van der Waals surface area contributed by atoms with E-state index >= 15 is 0 Å². The Bertz CT molecular complexity index is 505. The molecule has 4 heteroatoms. The number of benzene rings is 1. The lowest BCUT2D eigenvalue weighted by Crippen LogP contribution is -2.30. The molecular weight excluding hydrogens is 241 g/mol. The minimum Gasteiger partial charge on any atom is -0.462 e. The molecule has 2 nitrogen and oxygen atoms in total. The van der Waals surface area contributed by atoms with E-state index in [0.29, 0.717) is 11.3 Å². The van der Waals surface area contributed by atoms with Crippen molar-refractivity contribution < 1.29 is 8.81 Å². The third kappa shape index (κ3) is 2.12. The molecular formula is C13H15ClFNO. The summed E-state index contributed by atoms with van der Waals surface area (Å²) in [6.07, 6.45) is 5.14. The van der Waals surface area contributed by atoms with Crippen molar-refractivity contribution >= 4 is 29.1 Å². The van der Waals surface area contributed by atoms with Gasteiger partial charge < -0.3 is 9.32 Å². The summed E-state index contributed by atoms with van der Waals surface area (Å²) in [6.45, 7) is 1.85. The molecule has 0 bridgehead atoms. The lowest BCUT2D eigenvalue weighted by molar-refractivity contribution is 0.548. The van der Waals surface area contributed by atoms with Crippen LogP contribution in [0.25, 0.3) is 11.0 Å². The van der Waals surface area contributed by atoms with E-state index in [9.17, 15) is 4.39 Å². The van der Waals surface area contributed by atoms with Gasteiger partial charge in [0, 0.05) is 18.5 Å². The second-order valence-electron chi connectivity index (χ2n) is 4.28. The molecule has 92 valence electrons. The summed E-state index contributed by atoms with van der Waals surface area (Å²) in [7, 11) is 0. The van der Waals surface area contributed by atoms with Crippen LogP contribution in [0, 0.1) is 5.82 Å². The van der Waals surface area contributed by atoms with Crippen molar-refractivity contribution in [3.8, 4) is 0 Å². The molecule has 1 aromatic heterocycles. The number of nitrogens with zero attached hydrogens (tertiary/aromatic N) is 1. The topological polar surface area (TPSA) is 16.4 Å². The summed E-state index contributed by atoms with van der Waals surface area (Å²) in [4.78, 5) is 2.10. The molecule has 0 spiro atoms. The average molecular weight is 256 g/mol. The standard InChI is InChI=1S/C13H14FNO.ClH/c14-11-5-4-10-6-9-16-13(10)12(11)15-7-2-1-3-8-15;/h4-6,9H,1-3,7-8H2;1H. The van der Waals surface area contributed by atoms with E-state index in [1.807, 2.05) is 6.07 Å². The molecule has 0 radical (unpaired) electrons. The number of hydrogen-bond donors (Lipinski definition) is 0. The van der Waals surface area contributed by atoms with Crippen molar-refractivity contribution in [3.63, 3.8) is 0 Å². The number of hydrogen-bond acceptors (Lipinski definition) is 2. The minimum atomic E-state index is -0.177. The molecule has 0 N–H and O–H groups in total. The second-order valence-corrected chi connectivity index (χ2v) is 4.28. The van der Waals surface area contributed by atoms with E-state index in [1.54, 1.807) is 12.3 Å². The van der Waals surface area contributed by atoms with E-state index < -0.39 is 0 Å². The first-order valence-electron chi connectivity index (χ1n) is 5.77. The van der Waals surface area contributed by atoms with Crippen LogP contribution in [0.5, 0.6) is 0 Å². The van der Waals surface area contributed by atoms with Crippen molar-refractivity contribution in [1.82, 2.24) is 0 Å². The highest BCUT2D eigenvalue weighted by molar-refractivity contribution is 5.89. The summed E-state index contributed by atoms with van der Waals surface area (Å²) in [6, 6.07) is 5.17. The zero-order valence-corrected chi connectivity index (χ0v) is 10.3. The quantitative estimate of drug-likeness (QED) is 0.766. The molecule has 0 atom stereocenters. The van der Waals surface area contributed by atoms with Crippen LogP contribution < -0.4 is 4.90 Å². The molecule has 2 heterocycles. The van der Waals surface area contributed by atoms with E-state index in [-0.39, 0.29) is 18.2 Å². The first kappa shape index (κ1) is 12.2. The summed E-state index contributed by atoms with van der Waals surface area (Å²) in [5, 5.41) is 0.974. The predicted molar refractivity (Wildman–Crippen MR) is 69.5 cm³/mol. The lowest BCUT2D eigenvalue weighted by Gasteiger charge is -2.28. The van der Waals surface area contributed by atoms with Crippen LogP contribution in [0.1, 0.15) is 19.3 Å². The maximum absolute atomic E-state index is 13.9. The van der Waals surface area contributed by atoms with Gasteiger partial charge in [0.1, 0.15) is 11.5 Å². The van der Waals surface area contributed by atoms with Crippen molar-refractivity contribution in [2.24, 2.45) is 0 Å². The monoisotopic (exact) mass is 255 g/mol. The molecule has 1 aliphatic heterocycles. The van der Waals surface area contributed by atoms with Crippen LogP contribution >= 0.6 is 12.4 Å². The molecule has 1 aliphatic rings. The first-order valence-corrected chi connectivity index (χ1v) is 5.77. The Morgan fingerprint density at radius 3 is 2.59 bits per heavy atom. The van der Waals surface area contributed by atoms with Gasteiger partial charge in [0.2, 0.25) is 0 Å². The van der Waals surface area contributed by atoms with Gasteiger partial charge in [-0.25, -0.2) is 4.39 Å². The van der Waals surface area contributed by atoms with Gasteiger partial charge in [-0.05, 0) is 37.5 Å². The highest BCUT2D eigenvalue weighted by atomic mass is 35.5. The van der Waals surface area contributed by atoms with Gasteiger partial charge in [-0.1, -0.05) is 0 Å². The Morgan fingerprint density at radius 2 is 1.82 bits per heavy atom. The smallest absolute Gasteiger partial charge is 0.160 e. The first-order chi connectivity index (χ1) is 7.86. The number of rotatable bonds is 1. The summed E-state index contributed by atoms with van der Waals surface area (Å²) in [5.74, 6) is -0.177. The number of halogens is 2. The fourth-order valence-corrected chi connectivity index (χ4v) is 2.41. The van der Waals surface area contributed by atoms with Crippen molar-refractivity contribution in [3.05, 3.63) is 30.3 Å². The maximum Gasteiger partial charge on any atom is 0.160 e. The van der Waals surface area contributed by atoms with E-state index in [0.717, 1.165) is 31.3 Å². The number of furan rings is 1. The molecule has 2 aromatic rings. The van der Waals surface area contributed by atoms with Gasteiger partial charge in [0.15, 0.2) is 5.58 Å². The minimum absolute atomic E-state index is 0. The number of fused-ring (bicyclic) bond motifs is 1. The molecule has 1 fully saturated rings. The van der Waals surface area contributed by atoms with Gasteiger partial charge in [-0.3, -0.25) is 0 Å². The highest BCUT2D eigenvalue weighted by Gasteiger charge is 2.19. The summed E-state index contributed by atoms with van der Waals surface area (Å²) < 4.78 is 19.3. The molecule has 0 aliphatic carbocycles. The normalized spacial score (nSPS) is 15.9. The van der Waals surface area contributed by atoms with Gasteiger partial charge in [-0.15, -0.1) is 12.4 Å². The third-order valence-corrected chi connectivity index (χ3v) is 3.22. The van der Waals surface area contributed by atoms with Crippen LogP contribution in [-0.2, 0) is 0 Å². The number of anilines is 1. The Kier molecular flexibility index (Phi) is 3.57. The Balaban J connectivity index is 0.00000108. The Labute approximate surface area is 106 Å². The van der Waals surface area contributed by atoms with Crippen molar-refractivity contribution in [2.75, 3.05) is 18.0 Å². The molecule has 0 amide bonds. The summed E-state index contributed by atoms with van der Waals surface area (Å²) in [5.41, 5.74) is 1.32. The fourth-order valence-electron chi connectivity index (χ4n) is 2.41. The number of piperidine rings is 1. The van der Waals surface area contributed by atoms with Crippen LogP contribution in [0.15, 0.2) is 28.9 Å². The Hall–Kier alpha value is -1.22. The predicted octanol–water partition coefficient (Wildman–Crippen LogP) is 3.98. The zero-order valence-electron chi connectivity index (χ0n) is 9.49. The van der Waals surface area contributed by atoms with Gasteiger partial charge in [0.25, 0.3) is 0 Å². The molecule has 0 saturated carbocycles. The van der Waals surface area contributed by atoms with Crippen molar-refractivity contribution in [1.29, 1.82) is 0 Å². The maximum atomic E-state index is 13.9. The van der Waals surface area contributed by atoms with E-state index in [2.05, 4.69) is 4.90 Å². The molecule has 1 aromatic carbocycles. The fraction of sp³-hybridized carbons (Fsp3) is 0.385. The van der Waals surface area contributed by atoms with Crippen LogP contribution in [0.3, 0.4) is 0 Å². The third-order valence-electron chi connectivity index (χ3n) is 3.22. The van der Waals surface area contributed by atoms with E-state index in [4.69, 9.17) is 4.42 Å². The van der Waals surface area contributed by atoms with E-state index in [1.165, 1.54) is 12.5 Å². The summed E-state index contributed by atoms with van der Waals surface area (Å²) >= 11 is 0. The van der Waals surface area contributed by atoms with Crippen LogP contribution in [0.2, 0.25) is 0 Å². The van der Waals surface area contributed by atoms with Crippen LogP contribution in [-0.4, -0.2) is 13.1 Å². The van der Waals surface area contributed by atoms with Gasteiger partial charge >= 0.3 is 0 Å². The Morgan fingerprint density at radius 1 is 1.06 bits per heavy atom. The highest BCUT2D eigenvalue weighted by Crippen LogP contribution is 2.32. The van der Waals surface area contributed by atoms with Gasteiger partial charge in [0.05, 0.1) is 6.26 Å². The van der Waals surface area contributed by atoms with Crippen LogP contribution in [0.4, 0.5) is 10.1 Å². The van der Waals surface area contributed by atoms with Crippen molar-refractivity contribution in [2.45, 2.75) is 19.3 Å². The average Bonchev–Trinajstić information content (AvgIpc) is 2.78. The SMILES string of the molecule is Cl.Fc1ccc2ccoc2c1N1CCCCC1. The van der Waals surface area contributed by atoms with Gasteiger partial charge in [-0.2, -0.15) is 0 Å². The lowest BCUT2D eigenvalue weighted by atomic mass is 10.1. The molecule has 3 rings (SSSR count). The second kappa shape index (κ2) is 4.96. The molecule has 1 saturated heterocycles. The largest absolute Gasteiger partial charge is 0.462 e.